The first-order chi connectivity index (χ1) is 8.45. The lowest BCUT2D eigenvalue weighted by Gasteiger charge is -2.08. The van der Waals surface area contributed by atoms with E-state index in [0.717, 1.165) is 19.3 Å². The maximum absolute atomic E-state index is 13.3. The molecule has 0 aliphatic heterocycles. The highest BCUT2D eigenvalue weighted by Crippen LogP contribution is 2.12. The molecule has 0 heterocycles. The molecule has 0 spiro atoms. The first kappa shape index (κ1) is 17.8. The lowest BCUT2D eigenvalue weighted by atomic mass is 10.1. The monoisotopic (exact) mass is 284 g/mol. The molecular formula is C12H25FO4S. The smallest absolute Gasteiger partial charge is 0.289 e. The molecule has 0 radical (unpaired) electrons. The van der Waals surface area contributed by atoms with Gasteiger partial charge in [0.05, 0.1) is 6.61 Å². The second-order valence-electron chi connectivity index (χ2n) is 4.55. The van der Waals surface area contributed by atoms with Crippen LogP contribution in [0, 0.1) is 0 Å². The van der Waals surface area contributed by atoms with Crippen LogP contribution in [0.3, 0.4) is 0 Å². The van der Waals surface area contributed by atoms with Crippen LogP contribution < -0.4 is 0 Å². The van der Waals surface area contributed by atoms with Gasteiger partial charge in [0, 0.05) is 6.42 Å². The lowest BCUT2D eigenvalue weighted by Crippen LogP contribution is -2.11. The van der Waals surface area contributed by atoms with Crippen molar-refractivity contribution in [3.63, 3.8) is 0 Å². The minimum absolute atomic E-state index is 0.0246. The fraction of sp³-hybridized carbons (Fsp3) is 1.00. The van der Waals surface area contributed by atoms with Gasteiger partial charge in [-0.05, 0) is 6.42 Å². The van der Waals surface area contributed by atoms with Crippen LogP contribution in [-0.4, -0.2) is 31.7 Å². The van der Waals surface area contributed by atoms with Gasteiger partial charge in [-0.3, -0.25) is 4.55 Å². The summed E-state index contributed by atoms with van der Waals surface area (Å²) in [4.78, 5) is 0. The van der Waals surface area contributed by atoms with E-state index in [1.165, 1.54) is 19.3 Å². The summed E-state index contributed by atoms with van der Waals surface area (Å²) in [5, 5.41) is 0. The summed E-state index contributed by atoms with van der Waals surface area (Å²) < 4.78 is 47.0. The van der Waals surface area contributed by atoms with Crippen LogP contribution in [0.15, 0.2) is 0 Å². The molecule has 18 heavy (non-hydrogen) atoms. The van der Waals surface area contributed by atoms with Crippen molar-refractivity contribution in [3.05, 3.63) is 0 Å². The highest BCUT2D eigenvalue weighted by molar-refractivity contribution is 7.85. The molecule has 1 unspecified atom stereocenters. The highest BCUT2D eigenvalue weighted by Gasteiger charge is 2.08. The number of hydrogen-bond acceptors (Lipinski definition) is 3. The van der Waals surface area contributed by atoms with Gasteiger partial charge < -0.3 is 4.74 Å². The Morgan fingerprint density at radius 3 is 2.33 bits per heavy atom. The second kappa shape index (κ2) is 10.7. The number of rotatable bonds is 12. The number of ether oxygens (including phenoxy) is 1. The topological polar surface area (TPSA) is 63.6 Å². The van der Waals surface area contributed by atoms with Crippen LogP contribution >= 0.6 is 0 Å². The molecule has 0 aromatic rings. The van der Waals surface area contributed by atoms with E-state index in [4.69, 9.17) is 4.55 Å². The van der Waals surface area contributed by atoms with Crippen LogP contribution in [0.2, 0.25) is 0 Å². The summed E-state index contributed by atoms with van der Waals surface area (Å²) in [5.74, 6) is -0.753. The third-order valence-electron chi connectivity index (χ3n) is 2.68. The largest absolute Gasteiger partial charge is 0.363 e. The second-order valence-corrected chi connectivity index (χ2v) is 5.95. The van der Waals surface area contributed by atoms with Crippen molar-refractivity contribution in [2.75, 3.05) is 12.5 Å². The van der Waals surface area contributed by atoms with E-state index >= 15 is 0 Å². The van der Waals surface area contributed by atoms with E-state index in [0.29, 0.717) is 6.42 Å². The molecule has 0 fully saturated rings. The predicted molar refractivity (Wildman–Crippen MR) is 69.9 cm³/mol. The summed E-state index contributed by atoms with van der Waals surface area (Å²) in [7, 11) is -4.10. The van der Waals surface area contributed by atoms with Crippen LogP contribution in [0.4, 0.5) is 4.39 Å². The summed E-state index contributed by atoms with van der Waals surface area (Å²) in [6.45, 7) is 2.18. The standard InChI is InChI=1S/C12H25FO4S/c1-2-3-4-5-6-7-8-12(13)9-10-17-11-18(14,15)16/h12H,2-11H2,1H3,(H,14,15,16). The van der Waals surface area contributed by atoms with Gasteiger partial charge in [0.1, 0.15) is 6.17 Å². The zero-order chi connectivity index (χ0) is 13.9. The highest BCUT2D eigenvalue weighted by atomic mass is 32.2. The van der Waals surface area contributed by atoms with E-state index in [1.54, 1.807) is 0 Å². The Balaban J connectivity index is 3.30. The van der Waals surface area contributed by atoms with Crippen molar-refractivity contribution in [1.82, 2.24) is 0 Å². The van der Waals surface area contributed by atoms with Gasteiger partial charge >= 0.3 is 0 Å². The number of alkyl halides is 1. The molecule has 1 atom stereocenters. The number of hydrogen-bond donors (Lipinski definition) is 1. The molecule has 0 bridgehead atoms. The van der Waals surface area contributed by atoms with Gasteiger partial charge in [0.15, 0.2) is 5.94 Å². The predicted octanol–water partition coefficient (Wildman–Crippen LogP) is 3.33. The van der Waals surface area contributed by atoms with Crippen LogP contribution in [0.25, 0.3) is 0 Å². The first-order valence-electron chi connectivity index (χ1n) is 6.62. The molecule has 0 aromatic carbocycles. The average Bonchev–Trinajstić information content (AvgIpc) is 2.28. The van der Waals surface area contributed by atoms with E-state index in [9.17, 15) is 12.8 Å². The fourth-order valence-electron chi connectivity index (χ4n) is 1.67. The maximum Gasteiger partial charge on any atom is 0.289 e. The lowest BCUT2D eigenvalue weighted by molar-refractivity contribution is 0.137. The zero-order valence-corrected chi connectivity index (χ0v) is 11.9. The molecule has 0 saturated carbocycles. The molecule has 0 aliphatic carbocycles. The van der Waals surface area contributed by atoms with Crippen molar-refractivity contribution >= 4 is 10.1 Å². The van der Waals surface area contributed by atoms with Gasteiger partial charge in [0.25, 0.3) is 10.1 Å². The van der Waals surface area contributed by atoms with Crippen molar-refractivity contribution in [2.24, 2.45) is 0 Å². The zero-order valence-electron chi connectivity index (χ0n) is 11.1. The Kier molecular flexibility index (Phi) is 10.6. The molecule has 0 rings (SSSR count). The van der Waals surface area contributed by atoms with Gasteiger partial charge in [-0.25, -0.2) is 4.39 Å². The number of halogens is 1. The minimum atomic E-state index is -4.10. The Morgan fingerprint density at radius 1 is 1.11 bits per heavy atom. The van der Waals surface area contributed by atoms with Crippen molar-refractivity contribution in [1.29, 1.82) is 0 Å². The Labute approximate surface area is 110 Å². The SMILES string of the molecule is CCCCCCCCC(F)CCOCS(=O)(=O)O. The molecular weight excluding hydrogens is 259 g/mol. The first-order valence-corrected chi connectivity index (χ1v) is 8.23. The summed E-state index contributed by atoms with van der Waals surface area (Å²) >= 11 is 0. The average molecular weight is 284 g/mol. The van der Waals surface area contributed by atoms with Gasteiger partial charge in [-0.1, -0.05) is 45.4 Å². The van der Waals surface area contributed by atoms with Crippen LogP contribution in [0.5, 0.6) is 0 Å². The molecule has 1 N–H and O–H groups in total. The Hall–Kier alpha value is -0.200. The minimum Gasteiger partial charge on any atom is -0.363 e. The van der Waals surface area contributed by atoms with E-state index in [-0.39, 0.29) is 13.0 Å². The molecule has 0 amide bonds. The summed E-state index contributed by atoms with van der Waals surface area (Å²) in [6, 6.07) is 0. The van der Waals surface area contributed by atoms with Crippen molar-refractivity contribution in [3.8, 4) is 0 Å². The van der Waals surface area contributed by atoms with Gasteiger partial charge in [-0.15, -0.1) is 0 Å². The van der Waals surface area contributed by atoms with E-state index < -0.39 is 22.2 Å². The number of unbranched alkanes of at least 4 members (excludes halogenated alkanes) is 5. The Morgan fingerprint density at radius 2 is 1.72 bits per heavy atom. The van der Waals surface area contributed by atoms with Crippen LogP contribution in [0.1, 0.15) is 58.3 Å². The van der Waals surface area contributed by atoms with Gasteiger partial charge in [0.2, 0.25) is 0 Å². The van der Waals surface area contributed by atoms with Crippen molar-refractivity contribution < 1.29 is 22.1 Å². The molecule has 0 aromatic heterocycles. The third-order valence-corrected chi connectivity index (χ3v) is 3.14. The maximum atomic E-state index is 13.3. The molecule has 4 nitrogen and oxygen atoms in total. The van der Waals surface area contributed by atoms with E-state index in [2.05, 4.69) is 11.7 Å². The molecule has 0 saturated heterocycles. The Bertz CT molecular complexity index is 280. The summed E-state index contributed by atoms with van der Waals surface area (Å²) in [5.41, 5.74) is 0. The normalized spacial score (nSPS) is 13.7. The van der Waals surface area contributed by atoms with Crippen LogP contribution in [-0.2, 0) is 14.9 Å². The van der Waals surface area contributed by atoms with Crippen molar-refractivity contribution in [2.45, 2.75) is 64.5 Å². The fourth-order valence-corrected chi connectivity index (χ4v) is 1.99. The van der Waals surface area contributed by atoms with E-state index in [1.807, 2.05) is 0 Å². The molecule has 6 heteroatoms. The molecule has 0 aliphatic rings. The summed E-state index contributed by atoms with van der Waals surface area (Å²) in [6.07, 6.45) is 6.46. The quantitative estimate of drug-likeness (QED) is 0.441. The molecule has 110 valence electrons. The van der Waals surface area contributed by atoms with Gasteiger partial charge in [-0.2, -0.15) is 8.42 Å². The third kappa shape index (κ3) is 13.9.